The summed E-state index contributed by atoms with van der Waals surface area (Å²) in [5, 5.41) is 4.07. The number of methoxy groups -OCH3 is 1. The molecule has 1 aliphatic rings. The minimum atomic E-state index is -0.539. The van der Waals surface area contributed by atoms with Crippen molar-refractivity contribution in [2.45, 2.75) is 32.3 Å². The molecule has 2 aromatic heterocycles. The minimum Gasteiger partial charge on any atom is -0.381 e. The zero-order valence-corrected chi connectivity index (χ0v) is 12.5. The largest absolute Gasteiger partial charge is 0.381 e. The van der Waals surface area contributed by atoms with Gasteiger partial charge in [-0.15, -0.1) is 0 Å². The third-order valence-electron chi connectivity index (χ3n) is 3.83. The average molecular weight is 289 g/mol. The summed E-state index contributed by atoms with van der Waals surface area (Å²) in [6.07, 6.45) is 1.43. The van der Waals surface area contributed by atoms with Crippen LogP contribution in [-0.2, 0) is 15.1 Å². The Morgan fingerprint density at radius 3 is 2.57 bits per heavy atom. The summed E-state index contributed by atoms with van der Waals surface area (Å²) >= 11 is 0. The first-order chi connectivity index (χ1) is 10.1. The van der Waals surface area contributed by atoms with Crippen LogP contribution in [0.5, 0.6) is 0 Å². The number of hydrogen-bond donors (Lipinski definition) is 0. The maximum Gasteiger partial charge on any atom is 0.259 e. The van der Waals surface area contributed by atoms with E-state index in [1.165, 1.54) is 0 Å². The van der Waals surface area contributed by atoms with E-state index in [1.54, 1.807) is 7.11 Å². The number of aromatic nitrogens is 3. The zero-order chi connectivity index (χ0) is 14.9. The molecule has 2 aromatic rings. The molecule has 1 saturated heterocycles. The summed E-state index contributed by atoms with van der Waals surface area (Å²) < 4.78 is 16.5. The van der Waals surface area contributed by atoms with Gasteiger partial charge in [0.05, 0.1) is 0 Å². The first-order valence-electron chi connectivity index (χ1n) is 7.06. The smallest absolute Gasteiger partial charge is 0.259 e. The Bertz CT molecular complexity index is 613. The molecule has 3 heterocycles. The van der Waals surface area contributed by atoms with E-state index in [4.69, 9.17) is 14.0 Å². The van der Waals surface area contributed by atoms with Gasteiger partial charge in [0.15, 0.2) is 5.60 Å². The fourth-order valence-corrected chi connectivity index (χ4v) is 2.67. The van der Waals surface area contributed by atoms with Gasteiger partial charge in [0, 0.05) is 38.9 Å². The van der Waals surface area contributed by atoms with Gasteiger partial charge < -0.3 is 14.0 Å². The average Bonchev–Trinajstić information content (AvgIpc) is 2.97. The van der Waals surface area contributed by atoms with E-state index in [-0.39, 0.29) is 0 Å². The van der Waals surface area contributed by atoms with Crippen LogP contribution in [0.4, 0.5) is 0 Å². The number of ether oxygens (including phenoxy) is 2. The van der Waals surface area contributed by atoms with Gasteiger partial charge in [-0.05, 0) is 31.5 Å². The molecule has 1 fully saturated rings. The second-order valence-electron chi connectivity index (χ2n) is 5.41. The lowest BCUT2D eigenvalue weighted by Crippen LogP contribution is -2.35. The fraction of sp³-hybridized carbons (Fsp3) is 0.533. The van der Waals surface area contributed by atoms with Gasteiger partial charge in [-0.25, -0.2) is 4.98 Å². The van der Waals surface area contributed by atoms with E-state index in [2.05, 4.69) is 15.1 Å². The maximum absolute atomic E-state index is 5.66. The Balaban J connectivity index is 1.95. The Kier molecular flexibility index (Phi) is 3.73. The van der Waals surface area contributed by atoms with Gasteiger partial charge in [-0.2, -0.15) is 4.98 Å². The van der Waals surface area contributed by atoms with Crippen LogP contribution in [0.3, 0.4) is 0 Å². The highest BCUT2D eigenvalue weighted by atomic mass is 16.5. The number of aryl methyl sites for hydroxylation is 2. The Labute approximate surface area is 123 Å². The van der Waals surface area contributed by atoms with Crippen molar-refractivity contribution >= 4 is 0 Å². The molecule has 0 bridgehead atoms. The lowest BCUT2D eigenvalue weighted by Gasteiger charge is -2.32. The minimum absolute atomic E-state index is 0.500. The maximum atomic E-state index is 5.66. The van der Waals surface area contributed by atoms with Crippen molar-refractivity contribution in [1.82, 2.24) is 15.1 Å². The lowest BCUT2D eigenvalue weighted by molar-refractivity contribution is -0.111. The highest BCUT2D eigenvalue weighted by Crippen LogP contribution is 2.35. The van der Waals surface area contributed by atoms with Crippen LogP contribution >= 0.6 is 0 Å². The van der Waals surface area contributed by atoms with Crippen LogP contribution in [0.15, 0.2) is 16.7 Å². The van der Waals surface area contributed by atoms with Crippen molar-refractivity contribution in [2.75, 3.05) is 20.3 Å². The normalized spacial score (nSPS) is 17.9. The molecule has 0 radical (unpaired) electrons. The number of hydrogen-bond acceptors (Lipinski definition) is 6. The Morgan fingerprint density at radius 1 is 1.14 bits per heavy atom. The molecule has 0 amide bonds. The van der Waals surface area contributed by atoms with Gasteiger partial charge >= 0.3 is 0 Å². The predicted octanol–water partition coefficient (Wildman–Crippen LogP) is 2.40. The van der Waals surface area contributed by atoms with Gasteiger partial charge in [0.25, 0.3) is 5.89 Å². The number of pyridine rings is 1. The third-order valence-corrected chi connectivity index (χ3v) is 3.83. The third kappa shape index (κ3) is 2.69. The van der Waals surface area contributed by atoms with E-state index in [0.29, 0.717) is 37.8 Å². The quantitative estimate of drug-likeness (QED) is 0.864. The summed E-state index contributed by atoms with van der Waals surface area (Å²) in [5.41, 5.74) is 2.24. The highest BCUT2D eigenvalue weighted by Gasteiger charge is 2.40. The van der Waals surface area contributed by atoms with Crippen LogP contribution in [-0.4, -0.2) is 35.4 Å². The molecular weight excluding hydrogens is 270 g/mol. The molecule has 21 heavy (non-hydrogen) atoms. The molecule has 0 atom stereocenters. The van der Waals surface area contributed by atoms with E-state index < -0.39 is 5.60 Å². The van der Waals surface area contributed by atoms with Crippen molar-refractivity contribution < 1.29 is 14.0 Å². The van der Waals surface area contributed by atoms with E-state index in [1.807, 2.05) is 26.0 Å². The van der Waals surface area contributed by atoms with Crippen LogP contribution in [0.25, 0.3) is 11.5 Å². The van der Waals surface area contributed by atoms with Crippen molar-refractivity contribution in [3.63, 3.8) is 0 Å². The summed E-state index contributed by atoms with van der Waals surface area (Å²) in [4.78, 5) is 8.97. The van der Waals surface area contributed by atoms with Crippen molar-refractivity contribution in [1.29, 1.82) is 0 Å². The monoisotopic (exact) mass is 289 g/mol. The number of rotatable bonds is 3. The molecule has 0 unspecified atom stereocenters. The molecule has 0 saturated carbocycles. The van der Waals surface area contributed by atoms with Crippen LogP contribution in [0.2, 0.25) is 0 Å². The second-order valence-corrected chi connectivity index (χ2v) is 5.41. The Morgan fingerprint density at radius 2 is 1.90 bits per heavy atom. The van der Waals surface area contributed by atoms with E-state index in [9.17, 15) is 0 Å². The van der Waals surface area contributed by atoms with Gasteiger partial charge in [-0.3, -0.25) is 0 Å². The van der Waals surface area contributed by atoms with Gasteiger partial charge in [0.1, 0.15) is 5.69 Å². The van der Waals surface area contributed by atoms with Crippen LogP contribution in [0.1, 0.15) is 30.0 Å². The molecule has 0 aromatic carbocycles. The van der Waals surface area contributed by atoms with Gasteiger partial charge in [-0.1, -0.05) is 5.16 Å². The highest BCUT2D eigenvalue weighted by molar-refractivity contribution is 5.50. The summed E-state index contributed by atoms with van der Waals surface area (Å²) in [6.45, 7) is 5.24. The lowest BCUT2D eigenvalue weighted by atomic mass is 9.94. The molecule has 1 aliphatic heterocycles. The van der Waals surface area contributed by atoms with Crippen molar-refractivity contribution in [3.05, 3.63) is 29.3 Å². The fourth-order valence-electron chi connectivity index (χ4n) is 2.67. The summed E-state index contributed by atoms with van der Waals surface area (Å²) in [7, 11) is 1.67. The summed E-state index contributed by atoms with van der Waals surface area (Å²) in [5.74, 6) is 1.00. The van der Waals surface area contributed by atoms with E-state index in [0.717, 1.165) is 17.0 Å². The van der Waals surface area contributed by atoms with Crippen molar-refractivity contribution in [3.8, 4) is 11.5 Å². The molecule has 0 N–H and O–H groups in total. The van der Waals surface area contributed by atoms with E-state index >= 15 is 0 Å². The molecule has 0 aliphatic carbocycles. The summed E-state index contributed by atoms with van der Waals surface area (Å²) in [6, 6.07) is 3.96. The van der Waals surface area contributed by atoms with Crippen LogP contribution in [0, 0.1) is 13.8 Å². The van der Waals surface area contributed by atoms with Gasteiger partial charge in [0.2, 0.25) is 5.82 Å². The second kappa shape index (κ2) is 5.54. The zero-order valence-electron chi connectivity index (χ0n) is 12.5. The Hall–Kier alpha value is -1.79. The SMILES string of the molecule is COC1(c2nc(-c3cc(C)cc(C)n3)no2)CCOCC1. The molecule has 0 spiro atoms. The molecule has 6 nitrogen and oxygen atoms in total. The molecule has 112 valence electrons. The first-order valence-corrected chi connectivity index (χ1v) is 7.06. The number of nitrogens with zero attached hydrogens (tertiary/aromatic N) is 3. The molecular formula is C15H19N3O3. The topological polar surface area (TPSA) is 70.3 Å². The van der Waals surface area contributed by atoms with Crippen LogP contribution < -0.4 is 0 Å². The molecule has 6 heteroatoms. The molecule has 3 rings (SSSR count). The van der Waals surface area contributed by atoms with Crippen molar-refractivity contribution in [2.24, 2.45) is 0 Å². The standard InChI is InChI=1S/C15H19N3O3/c1-10-8-11(2)16-12(9-10)13-17-14(21-18-13)15(19-3)4-6-20-7-5-15/h8-9H,4-7H2,1-3H3. The predicted molar refractivity (Wildman–Crippen MR) is 75.7 cm³/mol. The first kappa shape index (κ1) is 14.2.